The van der Waals surface area contributed by atoms with Crippen LogP contribution in [0.2, 0.25) is 0 Å². The van der Waals surface area contributed by atoms with E-state index in [1.807, 2.05) is 36.9 Å². The number of ketones is 1. The van der Waals surface area contributed by atoms with Crippen molar-refractivity contribution < 1.29 is 19.0 Å². The first-order valence-corrected chi connectivity index (χ1v) is 10.2. The van der Waals surface area contributed by atoms with Crippen molar-refractivity contribution in [1.29, 1.82) is 0 Å². The van der Waals surface area contributed by atoms with Gasteiger partial charge in [-0.3, -0.25) is 4.79 Å². The molecule has 3 rings (SSSR count). The fraction of sp³-hybridized carbons (Fsp3) is 0.217. The number of carbonyl (C=O) groups is 1. The molecule has 1 aromatic heterocycles. The van der Waals surface area contributed by atoms with Crippen LogP contribution in [0.25, 0.3) is 6.08 Å². The van der Waals surface area contributed by atoms with E-state index in [0.29, 0.717) is 36.0 Å². The topological polar surface area (TPSA) is 62.6 Å². The molecule has 0 radical (unpaired) electrons. The Morgan fingerprint density at radius 1 is 1.20 bits per heavy atom. The molecule has 30 heavy (non-hydrogen) atoms. The number of aromatic nitrogens is 2. The maximum atomic E-state index is 12.5. The summed E-state index contributed by atoms with van der Waals surface area (Å²) in [4.78, 5) is 16.7. The summed E-state index contributed by atoms with van der Waals surface area (Å²) >= 11 is 3.48. The zero-order valence-corrected chi connectivity index (χ0v) is 18.7. The normalized spacial score (nSPS) is 10.9. The third-order valence-electron chi connectivity index (χ3n) is 4.39. The summed E-state index contributed by atoms with van der Waals surface area (Å²) in [5, 5.41) is 0. The van der Waals surface area contributed by atoms with Crippen LogP contribution in [0.4, 0.5) is 0 Å². The van der Waals surface area contributed by atoms with Gasteiger partial charge in [-0.05, 0) is 70.9 Å². The Hall–Kier alpha value is -3.06. The first-order chi connectivity index (χ1) is 14.5. The van der Waals surface area contributed by atoms with E-state index in [0.717, 1.165) is 15.9 Å². The molecule has 2 aromatic carbocycles. The Balaban J connectivity index is 1.67. The third kappa shape index (κ3) is 5.30. The van der Waals surface area contributed by atoms with Gasteiger partial charge in [-0.2, -0.15) is 0 Å². The summed E-state index contributed by atoms with van der Waals surface area (Å²) < 4.78 is 19.4. The van der Waals surface area contributed by atoms with Gasteiger partial charge in [-0.15, -0.1) is 0 Å². The van der Waals surface area contributed by atoms with Crippen molar-refractivity contribution in [3.05, 3.63) is 76.3 Å². The van der Waals surface area contributed by atoms with Crippen LogP contribution in [0.3, 0.4) is 0 Å². The standard InChI is InChI=1S/C23H23BrN2O4/c1-4-29-21-14-16(13-19(24)23(21)28-3)5-10-20(27)17-6-8-18(9-7-17)30-15-22-25-11-12-26(22)2/h5-14H,4,15H2,1-3H3/b10-5+. The van der Waals surface area contributed by atoms with E-state index in [4.69, 9.17) is 14.2 Å². The number of methoxy groups -OCH3 is 1. The monoisotopic (exact) mass is 470 g/mol. The molecule has 0 atom stereocenters. The molecule has 0 aliphatic heterocycles. The Kier molecular flexibility index (Phi) is 7.30. The molecule has 0 aliphatic rings. The van der Waals surface area contributed by atoms with Crippen LogP contribution in [-0.4, -0.2) is 29.1 Å². The highest BCUT2D eigenvalue weighted by Crippen LogP contribution is 2.37. The number of carbonyl (C=O) groups excluding carboxylic acids is 1. The molecule has 0 saturated heterocycles. The van der Waals surface area contributed by atoms with Crippen molar-refractivity contribution in [2.45, 2.75) is 13.5 Å². The second kappa shape index (κ2) is 10.1. The van der Waals surface area contributed by atoms with Gasteiger partial charge >= 0.3 is 0 Å². The Morgan fingerprint density at radius 2 is 1.97 bits per heavy atom. The van der Waals surface area contributed by atoms with E-state index < -0.39 is 0 Å². The van der Waals surface area contributed by atoms with Gasteiger partial charge in [-0.1, -0.05) is 6.08 Å². The molecule has 156 valence electrons. The highest BCUT2D eigenvalue weighted by Gasteiger charge is 2.10. The Labute approximate surface area is 184 Å². The maximum absolute atomic E-state index is 12.5. The predicted molar refractivity (Wildman–Crippen MR) is 119 cm³/mol. The van der Waals surface area contributed by atoms with Gasteiger partial charge < -0.3 is 18.8 Å². The highest BCUT2D eigenvalue weighted by atomic mass is 79.9. The first kappa shape index (κ1) is 21.6. The molecule has 0 N–H and O–H groups in total. The molecular formula is C23H23BrN2O4. The largest absolute Gasteiger partial charge is 0.492 e. The number of hydrogen-bond donors (Lipinski definition) is 0. The Bertz CT molecular complexity index is 1040. The zero-order chi connectivity index (χ0) is 21.5. The zero-order valence-electron chi connectivity index (χ0n) is 17.1. The lowest BCUT2D eigenvalue weighted by Crippen LogP contribution is -2.03. The number of benzene rings is 2. The van der Waals surface area contributed by atoms with Gasteiger partial charge in [0.2, 0.25) is 0 Å². The van der Waals surface area contributed by atoms with E-state index in [1.54, 1.807) is 43.6 Å². The summed E-state index contributed by atoms with van der Waals surface area (Å²) in [6.07, 6.45) is 6.88. The first-order valence-electron chi connectivity index (χ1n) is 9.43. The highest BCUT2D eigenvalue weighted by molar-refractivity contribution is 9.10. The molecule has 0 unspecified atom stereocenters. The van der Waals surface area contributed by atoms with Crippen LogP contribution in [0, 0.1) is 0 Å². The summed E-state index contributed by atoms with van der Waals surface area (Å²) in [5.74, 6) is 2.65. The lowest BCUT2D eigenvalue weighted by Gasteiger charge is -2.12. The number of allylic oxidation sites excluding steroid dienone is 1. The van der Waals surface area contributed by atoms with E-state index in [9.17, 15) is 4.79 Å². The lowest BCUT2D eigenvalue weighted by atomic mass is 10.1. The third-order valence-corrected chi connectivity index (χ3v) is 4.98. The number of imidazole rings is 1. The molecule has 0 amide bonds. The SMILES string of the molecule is CCOc1cc(/C=C/C(=O)c2ccc(OCc3nccn3C)cc2)cc(Br)c1OC. The number of halogens is 1. The minimum Gasteiger partial charge on any atom is -0.492 e. The van der Waals surface area contributed by atoms with Crippen molar-refractivity contribution in [2.24, 2.45) is 7.05 Å². The van der Waals surface area contributed by atoms with Crippen LogP contribution in [0.1, 0.15) is 28.7 Å². The van der Waals surface area contributed by atoms with Gasteiger partial charge in [0, 0.05) is 25.0 Å². The predicted octanol–water partition coefficient (Wildman–Crippen LogP) is 5.07. The number of nitrogens with zero attached hydrogens (tertiary/aromatic N) is 2. The van der Waals surface area contributed by atoms with E-state index in [2.05, 4.69) is 20.9 Å². The van der Waals surface area contributed by atoms with Crippen LogP contribution in [0.5, 0.6) is 17.2 Å². The maximum Gasteiger partial charge on any atom is 0.185 e. The molecule has 7 heteroatoms. The number of ether oxygens (including phenoxy) is 3. The summed E-state index contributed by atoms with van der Waals surface area (Å²) in [7, 11) is 3.50. The van der Waals surface area contributed by atoms with E-state index in [1.165, 1.54) is 6.08 Å². The number of aryl methyl sites for hydroxylation is 1. The van der Waals surface area contributed by atoms with Gasteiger partial charge in [0.25, 0.3) is 0 Å². The van der Waals surface area contributed by atoms with Crippen molar-refractivity contribution in [2.75, 3.05) is 13.7 Å². The molecule has 3 aromatic rings. The van der Waals surface area contributed by atoms with E-state index in [-0.39, 0.29) is 5.78 Å². The second-order valence-corrected chi connectivity index (χ2v) is 7.29. The van der Waals surface area contributed by atoms with Crippen molar-refractivity contribution in [1.82, 2.24) is 9.55 Å². The van der Waals surface area contributed by atoms with Gasteiger partial charge in [0.15, 0.2) is 17.3 Å². The minimum atomic E-state index is -0.101. The van der Waals surface area contributed by atoms with E-state index >= 15 is 0 Å². The van der Waals surface area contributed by atoms with Gasteiger partial charge in [-0.25, -0.2) is 4.98 Å². The van der Waals surface area contributed by atoms with Crippen LogP contribution < -0.4 is 14.2 Å². The van der Waals surface area contributed by atoms with Crippen molar-refractivity contribution in [3.8, 4) is 17.2 Å². The molecule has 0 spiro atoms. The van der Waals surface area contributed by atoms with Gasteiger partial charge in [0.05, 0.1) is 18.2 Å². The van der Waals surface area contributed by atoms with Crippen molar-refractivity contribution in [3.63, 3.8) is 0 Å². The molecule has 0 bridgehead atoms. The smallest absolute Gasteiger partial charge is 0.185 e. The van der Waals surface area contributed by atoms with Crippen molar-refractivity contribution >= 4 is 27.8 Å². The van der Waals surface area contributed by atoms with Gasteiger partial charge in [0.1, 0.15) is 18.2 Å². The minimum absolute atomic E-state index is 0.101. The second-order valence-electron chi connectivity index (χ2n) is 6.43. The summed E-state index contributed by atoms with van der Waals surface area (Å²) in [6, 6.07) is 10.8. The Morgan fingerprint density at radius 3 is 2.60 bits per heavy atom. The molecule has 1 heterocycles. The van der Waals surface area contributed by atoms with Crippen LogP contribution >= 0.6 is 15.9 Å². The number of hydrogen-bond acceptors (Lipinski definition) is 5. The average molecular weight is 471 g/mol. The average Bonchev–Trinajstić information content (AvgIpc) is 3.16. The fourth-order valence-electron chi connectivity index (χ4n) is 2.81. The molecule has 0 saturated carbocycles. The van der Waals surface area contributed by atoms with Crippen LogP contribution in [-0.2, 0) is 13.7 Å². The molecule has 0 aliphatic carbocycles. The lowest BCUT2D eigenvalue weighted by molar-refractivity contribution is 0.104. The molecule has 6 nitrogen and oxygen atoms in total. The molecular weight excluding hydrogens is 448 g/mol. The van der Waals surface area contributed by atoms with Crippen LogP contribution in [0.15, 0.2) is 59.3 Å². The summed E-state index contributed by atoms with van der Waals surface area (Å²) in [6.45, 7) is 2.79. The summed E-state index contributed by atoms with van der Waals surface area (Å²) in [5.41, 5.74) is 1.41. The number of rotatable bonds is 9. The molecule has 0 fully saturated rings. The quantitative estimate of drug-likeness (QED) is 0.322. The fourth-order valence-corrected chi connectivity index (χ4v) is 3.43.